The summed E-state index contributed by atoms with van der Waals surface area (Å²) in [5, 5.41) is 25.2. The Labute approximate surface area is 645 Å². The Morgan fingerprint density at radius 2 is 0.438 bits per heavy atom. The van der Waals surface area contributed by atoms with Crippen LogP contribution >= 0.6 is 0 Å². The van der Waals surface area contributed by atoms with Gasteiger partial charge in [0.25, 0.3) is 0 Å². The van der Waals surface area contributed by atoms with Crippen molar-refractivity contribution in [1.82, 2.24) is 18.3 Å². The summed E-state index contributed by atoms with van der Waals surface area (Å²) in [6, 6.07) is 152. The molecule has 520 valence electrons. The smallest absolute Gasteiger partial charge is 0.0541 e. The second kappa shape index (κ2) is 25.4. The van der Waals surface area contributed by atoms with Gasteiger partial charge in [0.2, 0.25) is 0 Å². The predicted molar refractivity (Wildman–Crippen MR) is 477 cm³/mol. The fraction of sp³-hybridized carbons (Fsp3) is 0. The zero-order chi connectivity index (χ0) is 73.5. The van der Waals surface area contributed by atoms with E-state index in [1.165, 1.54) is 213 Å². The van der Waals surface area contributed by atoms with Crippen molar-refractivity contribution in [3.8, 4) is 67.3 Å². The minimum Gasteiger partial charge on any atom is -0.309 e. The first kappa shape index (κ1) is 63.3. The van der Waals surface area contributed by atoms with Crippen molar-refractivity contribution in [2.75, 3.05) is 0 Å². The normalized spacial score (nSPS) is 11.9. The summed E-state index contributed by atoms with van der Waals surface area (Å²) >= 11 is 0. The van der Waals surface area contributed by atoms with Gasteiger partial charge in [0, 0.05) is 65.5 Å². The highest BCUT2D eigenvalue weighted by Crippen LogP contribution is 2.46. The summed E-state index contributed by atoms with van der Waals surface area (Å²) in [6.45, 7) is 0. The number of fused-ring (bicyclic) bond motifs is 20. The summed E-state index contributed by atoms with van der Waals surface area (Å²) in [6.07, 6.45) is 0. The van der Waals surface area contributed by atoms with Crippen LogP contribution in [0.25, 0.3) is 219 Å². The molecule has 0 unspecified atom stereocenters. The Balaban J connectivity index is 0.000000134. The fourth-order valence-corrected chi connectivity index (χ4v) is 18.7. The van der Waals surface area contributed by atoms with E-state index in [4.69, 9.17) is 0 Å². The van der Waals surface area contributed by atoms with Crippen LogP contribution in [0.15, 0.2) is 413 Å². The quantitative estimate of drug-likeness (QED) is 0.135. The highest BCUT2D eigenvalue weighted by atomic mass is 15.0. The van der Waals surface area contributed by atoms with Gasteiger partial charge in [-0.15, -0.1) is 0 Å². The van der Waals surface area contributed by atoms with Crippen LogP contribution in [0.1, 0.15) is 0 Å². The number of para-hydroxylation sites is 6. The van der Waals surface area contributed by atoms with Crippen molar-refractivity contribution in [2.45, 2.75) is 0 Å². The molecule has 4 heterocycles. The second-order valence-corrected chi connectivity index (χ2v) is 29.8. The lowest BCUT2D eigenvalue weighted by Gasteiger charge is -2.17. The molecular formula is C108H68N4. The van der Waals surface area contributed by atoms with Crippen LogP contribution in [0.4, 0.5) is 0 Å². The van der Waals surface area contributed by atoms with E-state index in [9.17, 15) is 0 Å². The van der Waals surface area contributed by atoms with Crippen LogP contribution < -0.4 is 0 Å². The molecule has 0 saturated heterocycles. The van der Waals surface area contributed by atoms with Gasteiger partial charge in [-0.25, -0.2) is 0 Å². The van der Waals surface area contributed by atoms with Crippen LogP contribution in [0, 0.1) is 0 Å². The molecule has 4 nitrogen and oxygen atoms in total. The summed E-state index contributed by atoms with van der Waals surface area (Å²) in [5.41, 5.74) is 24.2. The molecule has 0 atom stereocenters. The zero-order valence-electron chi connectivity index (χ0n) is 61.0. The third-order valence-electron chi connectivity index (χ3n) is 23.7. The minimum absolute atomic E-state index is 1.16. The van der Waals surface area contributed by atoms with Crippen molar-refractivity contribution in [3.05, 3.63) is 413 Å². The Hall–Kier alpha value is -14.8. The van der Waals surface area contributed by atoms with Gasteiger partial charge in [0.15, 0.2) is 0 Å². The van der Waals surface area contributed by atoms with E-state index >= 15 is 0 Å². The van der Waals surface area contributed by atoms with E-state index in [1.807, 2.05) is 0 Å². The molecule has 0 spiro atoms. The largest absolute Gasteiger partial charge is 0.309 e. The molecular weight excluding hydrogens is 1350 g/mol. The predicted octanol–water partition coefficient (Wildman–Crippen LogP) is 29.3. The number of nitrogens with zero attached hydrogens (tertiary/aromatic N) is 4. The average molecular weight is 1420 g/mol. The molecule has 4 aromatic heterocycles. The standard InChI is InChI=1S/2C54H34N2/c1-2-13-41(14-3-1)55-51-20-10-8-18-46(51)49-32-37(25-28-53(49)55)38-26-29-54-50(33-38)47-19-9-11-21-52(47)56(54)42-27-24-35-30-40(23-22-36(35)31-42)48-34-39-12-4-5-15-43(39)44-16-6-7-17-45(44)48;1-2-15-38(16-3-1)55-50-24-12-10-22-45(50)48-32-35(26-29-53(48)55)36-27-30-54-49(33-36)46-23-11-13-25-51(46)56(54)52-31-28-43(41-19-8-9-21-44(41)52)47-34-37-14-4-5-17-39(37)40-18-6-7-20-42(40)47/h2*1-34H. The highest BCUT2D eigenvalue weighted by Gasteiger charge is 2.22. The molecule has 0 aliphatic carbocycles. The van der Waals surface area contributed by atoms with Gasteiger partial charge >= 0.3 is 0 Å². The van der Waals surface area contributed by atoms with E-state index in [0.29, 0.717) is 0 Å². The number of hydrogen-bond acceptors (Lipinski definition) is 0. The number of rotatable bonds is 8. The Morgan fingerprint density at radius 3 is 0.902 bits per heavy atom. The Kier molecular flexibility index (Phi) is 14.3. The molecule has 0 aliphatic heterocycles. The lowest BCUT2D eigenvalue weighted by molar-refractivity contribution is 1.18. The first-order valence-electron chi connectivity index (χ1n) is 38.7. The van der Waals surface area contributed by atoms with Gasteiger partial charge in [0.1, 0.15) is 0 Å². The molecule has 24 rings (SSSR count). The molecule has 0 radical (unpaired) electrons. The highest BCUT2D eigenvalue weighted by molar-refractivity contribution is 6.20. The third-order valence-corrected chi connectivity index (χ3v) is 23.7. The van der Waals surface area contributed by atoms with E-state index in [-0.39, 0.29) is 0 Å². The Morgan fingerprint density at radius 1 is 0.125 bits per heavy atom. The number of aromatic nitrogens is 4. The van der Waals surface area contributed by atoms with Crippen LogP contribution in [0.2, 0.25) is 0 Å². The van der Waals surface area contributed by atoms with Crippen molar-refractivity contribution >= 4 is 152 Å². The van der Waals surface area contributed by atoms with E-state index in [1.54, 1.807) is 0 Å². The van der Waals surface area contributed by atoms with Crippen molar-refractivity contribution in [2.24, 2.45) is 0 Å². The minimum atomic E-state index is 1.16. The van der Waals surface area contributed by atoms with E-state index in [0.717, 1.165) is 5.69 Å². The van der Waals surface area contributed by atoms with Crippen LogP contribution in [0.3, 0.4) is 0 Å². The van der Waals surface area contributed by atoms with Crippen LogP contribution in [-0.4, -0.2) is 18.3 Å². The zero-order valence-corrected chi connectivity index (χ0v) is 61.0. The molecule has 0 saturated carbocycles. The molecule has 20 aromatic carbocycles. The maximum absolute atomic E-state index is 2.47. The van der Waals surface area contributed by atoms with Gasteiger partial charge in [-0.2, -0.15) is 0 Å². The molecule has 112 heavy (non-hydrogen) atoms. The lowest BCUT2D eigenvalue weighted by atomic mass is 9.90. The summed E-state index contributed by atoms with van der Waals surface area (Å²) < 4.78 is 9.65. The fourth-order valence-electron chi connectivity index (χ4n) is 18.7. The van der Waals surface area contributed by atoms with Crippen molar-refractivity contribution in [1.29, 1.82) is 0 Å². The average Bonchev–Trinajstić information content (AvgIpc) is 1.45. The van der Waals surface area contributed by atoms with Crippen molar-refractivity contribution < 1.29 is 0 Å². The van der Waals surface area contributed by atoms with Crippen molar-refractivity contribution in [3.63, 3.8) is 0 Å². The monoisotopic (exact) mass is 1420 g/mol. The lowest BCUT2D eigenvalue weighted by Crippen LogP contribution is -1.96. The van der Waals surface area contributed by atoms with E-state index < -0.39 is 0 Å². The SMILES string of the molecule is c1ccc(-n2c3ccccc3c3cc(-c4ccc5c(c4)c4ccccc4n5-c4ccc(-c5cc6ccccc6c6ccccc56)c5ccccc45)ccc32)cc1.c1ccc(-n2c3ccccc3c3cc(-c4ccc5c(c4)c4ccccc4n5-c4ccc5cc(-c6cc7ccccc7c7ccccc67)ccc5c4)ccc32)cc1. The maximum Gasteiger partial charge on any atom is 0.0541 e. The number of benzene rings is 20. The number of hydrogen-bond donors (Lipinski definition) is 0. The molecule has 0 fully saturated rings. The van der Waals surface area contributed by atoms with E-state index in [2.05, 4.69) is 431 Å². The molecule has 0 amide bonds. The first-order valence-corrected chi connectivity index (χ1v) is 38.7. The molecule has 0 aliphatic rings. The second-order valence-electron chi connectivity index (χ2n) is 29.8. The molecule has 0 N–H and O–H groups in total. The topological polar surface area (TPSA) is 19.7 Å². The van der Waals surface area contributed by atoms with Gasteiger partial charge in [-0.1, -0.05) is 279 Å². The van der Waals surface area contributed by atoms with Crippen LogP contribution in [-0.2, 0) is 0 Å². The maximum atomic E-state index is 2.47. The summed E-state index contributed by atoms with van der Waals surface area (Å²) in [5.74, 6) is 0. The van der Waals surface area contributed by atoms with Gasteiger partial charge in [-0.3, -0.25) is 0 Å². The van der Waals surface area contributed by atoms with Crippen LogP contribution in [0.5, 0.6) is 0 Å². The van der Waals surface area contributed by atoms with Gasteiger partial charge < -0.3 is 18.3 Å². The summed E-state index contributed by atoms with van der Waals surface area (Å²) in [4.78, 5) is 0. The van der Waals surface area contributed by atoms with Gasteiger partial charge in [-0.05, 0) is 237 Å². The third kappa shape index (κ3) is 9.95. The van der Waals surface area contributed by atoms with Gasteiger partial charge in [0.05, 0.1) is 49.8 Å². The molecule has 24 aromatic rings. The molecule has 0 bridgehead atoms. The Bertz CT molecular complexity index is 8000. The first-order chi connectivity index (χ1) is 55.6. The molecule has 4 heteroatoms. The summed E-state index contributed by atoms with van der Waals surface area (Å²) in [7, 11) is 0.